The van der Waals surface area contributed by atoms with Crippen LogP contribution >= 0.6 is 0 Å². The molecule has 0 aromatic heterocycles. The SMILES string of the molecule is C/C=C(/C(=O)NC1CC1)C(C)C. The number of hydrogen-bond donors (Lipinski definition) is 1. The fourth-order valence-electron chi connectivity index (χ4n) is 1.22. The molecule has 68 valence electrons. The highest BCUT2D eigenvalue weighted by Crippen LogP contribution is 2.20. The van der Waals surface area contributed by atoms with Gasteiger partial charge < -0.3 is 5.32 Å². The number of rotatable bonds is 3. The quantitative estimate of drug-likeness (QED) is 0.639. The lowest BCUT2D eigenvalue weighted by atomic mass is 10.0. The highest BCUT2D eigenvalue weighted by molar-refractivity contribution is 5.94. The van der Waals surface area contributed by atoms with Crippen molar-refractivity contribution < 1.29 is 4.79 Å². The van der Waals surface area contributed by atoms with Gasteiger partial charge in [-0.05, 0) is 25.7 Å². The standard InChI is InChI=1S/C10H17NO/c1-4-9(7(2)3)10(12)11-8-5-6-8/h4,7-8H,5-6H2,1-3H3,(H,11,12)/b9-4+. The summed E-state index contributed by atoms with van der Waals surface area (Å²) in [5.41, 5.74) is 0.905. The fraction of sp³-hybridized carbons (Fsp3) is 0.700. The maximum atomic E-state index is 11.5. The van der Waals surface area contributed by atoms with Gasteiger partial charge in [-0.15, -0.1) is 0 Å². The molecular weight excluding hydrogens is 150 g/mol. The fourth-order valence-corrected chi connectivity index (χ4v) is 1.22. The van der Waals surface area contributed by atoms with Crippen LogP contribution in [0.1, 0.15) is 33.6 Å². The second-order valence-electron chi connectivity index (χ2n) is 3.65. The third-order valence-corrected chi connectivity index (χ3v) is 2.11. The average molecular weight is 167 g/mol. The van der Waals surface area contributed by atoms with Gasteiger partial charge in [-0.2, -0.15) is 0 Å². The Labute approximate surface area is 74.0 Å². The van der Waals surface area contributed by atoms with Crippen molar-refractivity contribution in [1.82, 2.24) is 5.32 Å². The van der Waals surface area contributed by atoms with Gasteiger partial charge in [-0.1, -0.05) is 19.9 Å². The van der Waals surface area contributed by atoms with E-state index in [1.165, 1.54) is 0 Å². The Morgan fingerprint density at radius 2 is 2.08 bits per heavy atom. The largest absolute Gasteiger partial charge is 0.350 e. The predicted molar refractivity (Wildman–Crippen MR) is 49.8 cm³/mol. The minimum absolute atomic E-state index is 0.120. The third-order valence-electron chi connectivity index (χ3n) is 2.11. The van der Waals surface area contributed by atoms with Crippen LogP contribution in [0.5, 0.6) is 0 Å². The van der Waals surface area contributed by atoms with Gasteiger partial charge in [0.1, 0.15) is 0 Å². The van der Waals surface area contributed by atoms with E-state index in [0.717, 1.165) is 18.4 Å². The zero-order valence-electron chi connectivity index (χ0n) is 8.05. The Morgan fingerprint density at radius 3 is 2.42 bits per heavy atom. The van der Waals surface area contributed by atoms with Gasteiger partial charge in [0.05, 0.1) is 0 Å². The Bertz CT molecular complexity index is 202. The van der Waals surface area contributed by atoms with Crippen molar-refractivity contribution in [3.8, 4) is 0 Å². The maximum absolute atomic E-state index is 11.5. The first kappa shape index (κ1) is 9.30. The first-order chi connectivity index (χ1) is 5.65. The highest BCUT2D eigenvalue weighted by Gasteiger charge is 2.24. The Hall–Kier alpha value is -0.790. The Balaban J connectivity index is 2.47. The molecule has 1 fully saturated rings. The van der Waals surface area contributed by atoms with Crippen LogP contribution in [-0.2, 0) is 4.79 Å². The molecule has 2 heteroatoms. The molecule has 0 aromatic rings. The van der Waals surface area contributed by atoms with Crippen molar-refractivity contribution in [3.63, 3.8) is 0 Å². The molecule has 1 aliphatic carbocycles. The minimum Gasteiger partial charge on any atom is -0.350 e. The molecule has 1 rings (SSSR count). The summed E-state index contributed by atoms with van der Waals surface area (Å²) in [5, 5.41) is 2.98. The van der Waals surface area contributed by atoms with Crippen LogP contribution in [0.3, 0.4) is 0 Å². The van der Waals surface area contributed by atoms with Gasteiger partial charge in [0.15, 0.2) is 0 Å². The number of carbonyl (C=O) groups excluding carboxylic acids is 1. The second kappa shape index (κ2) is 3.74. The summed E-state index contributed by atoms with van der Waals surface area (Å²) >= 11 is 0. The molecule has 0 atom stereocenters. The monoisotopic (exact) mass is 167 g/mol. The molecule has 0 aromatic carbocycles. The summed E-state index contributed by atoms with van der Waals surface area (Å²) in [4.78, 5) is 11.5. The van der Waals surface area contributed by atoms with Gasteiger partial charge in [-0.25, -0.2) is 0 Å². The zero-order valence-corrected chi connectivity index (χ0v) is 8.05. The summed E-state index contributed by atoms with van der Waals surface area (Å²) in [6, 6.07) is 0.464. The lowest BCUT2D eigenvalue weighted by Gasteiger charge is -2.10. The Kier molecular flexibility index (Phi) is 2.90. The molecule has 12 heavy (non-hydrogen) atoms. The van der Waals surface area contributed by atoms with E-state index in [4.69, 9.17) is 0 Å². The molecule has 0 spiro atoms. The van der Waals surface area contributed by atoms with Gasteiger partial charge in [-0.3, -0.25) is 4.79 Å². The second-order valence-corrected chi connectivity index (χ2v) is 3.65. The van der Waals surface area contributed by atoms with E-state index in [0.29, 0.717) is 12.0 Å². The molecule has 0 heterocycles. The summed E-state index contributed by atoms with van der Waals surface area (Å²) < 4.78 is 0. The summed E-state index contributed by atoms with van der Waals surface area (Å²) in [6.45, 7) is 6.01. The van der Waals surface area contributed by atoms with E-state index in [1.54, 1.807) is 0 Å². The average Bonchev–Trinajstić information content (AvgIpc) is 2.71. The van der Waals surface area contributed by atoms with Crippen molar-refractivity contribution in [1.29, 1.82) is 0 Å². The van der Waals surface area contributed by atoms with Gasteiger partial charge in [0.25, 0.3) is 0 Å². The molecule has 1 saturated carbocycles. The first-order valence-electron chi connectivity index (χ1n) is 4.62. The van der Waals surface area contributed by atoms with Crippen molar-refractivity contribution >= 4 is 5.91 Å². The molecule has 0 aliphatic heterocycles. The number of allylic oxidation sites excluding steroid dienone is 1. The van der Waals surface area contributed by atoms with E-state index in [1.807, 2.05) is 26.8 Å². The van der Waals surface area contributed by atoms with Crippen molar-refractivity contribution in [2.24, 2.45) is 5.92 Å². The van der Waals surface area contributed by atoms with E-state index < -0.39 is 0 Å². The number of carbonyl (C=O) groups is 1. The van der Waals surface area contributed by atoms with Crippen LogP contribution in [0, 0.1) is 5.92 Å². The summed E-state index contributed by atoms with van der Waals surface area (Å²) in [7, 11) is 0. The van der Waals surface area contributed by atoms with Crippen LogP contribution < -0.4 is 5.32 Å². The van der Waals surface area contributed by atoms with E-state index in [9.17, 15) is 4.79 Å². The molecular formula is C10H17NO. The topological polar surface area (TPSA) is 29.1 Å². The van der Waals surface area contributed by atoms with Crippen LogP contribution in [0.2, 0.25) is 0 Å². The van der Waals surface area contributed by atoms with E-state index in [2.05, 4.69) is 5.32 Å². The van der Waals surface area contributed by atoms with Gasteiger partial charge >= 0.3 is 0 Å². The lowest BCUT2D eigenvalue weighted by molar-refractivity contribution is -0.118. The molecule has 1 aliphatic rings. The summed E-state index contributed by atoms with van der Waals surface area (Å²) in [5.74, 6) is 0.448. The molecule has 1 amide bonds. The molecule has 0 saturated heterocycles. The van der Waals surface area contributed by atoms with Crippen LogP contribution in [0.25, 0.3) is 0 Å². The number of hydrogen-bond acceptors (Lipinski definition) is 1. The van der Waals surface area contributed by atoms with Crippen molar-refractivity contribution in [3.05, 3.63) is 11.6 Å². The van der Waals surface area contributed by atoms with E-state index >= 15 is 0 Å². The summed E-state index contributed by atoms with van der Waals surface area (Å²) in [6.07, 6.45) is 4.21. The normalized spacial score (nSPS) is 18.2. The van der Waals surface area contributed by atoms with Gasteiger partial charge in [0.2, 0.25) is 5.91 Å². The molecule has 0 bridgehead atoms. The Morgan fingerprint density at radius 1 is 1.50 bits per heavy atom. The van der Waals surface area contributed by atoms with E-state index in [-0.39, 0.29) is 5.91 Å². The smallest absolute Gasteiger partial charge is 0.247 e. The molecule has 0 unspecified atom stereocenters. The molecule has 2 nitrogen and oxygen atoms in total. The van der Waals surface area contributed by atoms with Crippen molar-refractivity contribution in [2.75, 3.05) is 0 Å². The molecule has 1 N–H and O–H groups in total. The predicted octanol–water partition coefficient (Wildman–Crippen LogP) is 1.87. The van der Waals surface area contributed by atoms with Crippen molar-refractivity contribution in [2.45, 2.75) is 39.7 Å². The zero-order chi connectivity index (χ0) is 9.14. The third kappa shape index (κ3) is 2.36. The number of nitrogens with one attached hydrogen (secondary N) is 1. The maximum Gasteiger partial charge on any atom is 0.247 e. The van der Waals surface area contributed by atoms with Crippen LogP contribution in [0.4, 0.5) is 0 Å². The van der Waals surface area contributed by atoms with Crippen LogP contribution in [-0.4, -0.2) is 11.9 Å². The lowest BCUT2D eigenvalue weighted by Crippen LogP contribution is -2.28. The highest BCUT2D eigenvalue weighted by atomic mass is 16.1. The minimum atomic E-state index is 0.120. The van der Waals surface area contributed by atoms with Crippen LogP contribution in [0.15, 0.2) is 11.6 Å². The number of amides is 1. The molecule has 0 radical (unpaired) electrons. The first-order valence-corrected chi connectivity index (χ1v) is 4.62. The van der Waals surface area contributed by atoms with Gasteiger partial charge in [0, 0.05) is 11.6 Å².